The van der Waals surface area contributed by atoms with Crippen LogP contribution in [0.25, 0.3) is 0 Å². The van der Waals surface area contributed by atoms with Crippen LogP contribution in [-0.2, 0) is 16.4 Å². The fraction of sp³-hybridized carbons (Fsp3) is 0.133. The second-order valence-electron chi connectivity index (χ2n) is 4.77. The van der Waals surface area contributed by atoms with Crippen molar-refractivity contribution in [2.75, 3.05) is 6.54 Å². The van der Waals surface area contributed by atoms with Gasteiger partial charge in [0, 0.05) is 0 Å². The highest BCUT2D eigenvalue weighted by molar-refractivity contribution is 7.89. The summed E-state index contributed by atoms with van der Waals surface area (Å²) in [6.45, 7) is 0.193. The third-order valence-corrected chi connectivity index (χ3v) is 3.98. The van der Waals surface area contributed by atoms with E-state index in [-0.39, 0.29) is 41.6 Å². The second kappa shape index (κ2) is 8.11. The van der Waals surface area contributed by atoms with E-state index in [0.29, 0.717) is 11.3 Å². The number of hydrogen-bond acceptors (Lipinski definition) is 5. The first-order valence-electron chi connectivity index (χ1n) is 6.69. The number of nitrogens with two attached hydrogens (primary N) is 2. The summed E-state index contributed by atoms with van der Waals surface area (Å²) in [7, 11) is -4.18. The normalized spacial score (nSPS) is 10.8. The second-order valence-corrected chi connectivity index (χ2v) is 6.30. The van der Waals surface area contributed by atoms with E-state index in [1.54, 1.807) is 30.3 Å². The van der Waals surface area contributed by atoms with Crippen molar-refractivity contribution in [1.82, 2.24) is 0 Å². The Morgan fingerprint density at radius 2 is 1.79 bits per heavy atom. The van der Waals surface area contributed by atoms with Crippen LogP contribution in [0.15, 0.2) is 47.4 Å². The lowest BCUT2D eigenvalue weighted by atomic mass is 10.1. The third kappa shape index (κ3) is 4.68. The zero-order valence-corrected chi connectivity index (χ0v) is 14.1. The van der Waals surface area contributed by atoms with Gasteiger partial charge in [-0.3, -0.25) is 0 Å². The van der Waals surface area contributed by atoms with Crippen LogP contribution in [0.2, 0.25) is 0 Å². The van der Waals surface area contributed by atoms with E-state index >= 15 is 0 Å². The number of hydrogen-bond donors (Lipinski definition) is 3. The maximum Gasteiger partial charge on any atom is 0.335 e. The topological polar surface area (TPSA) is 133 Å². The van der Waals surface area contributed by atoms with Crippen molar-refractivity contribution in [2.45, 2.75) is 11.3 Å². The number of benzene rings is 2. The highest BCUT2D eigenvalue weighted by Crippen LogP contribution is 2.33. The number of sulfonamides is 1. The Bertz CT molecular complexity index is 825. The Hall–Kier alpha value is -2.13. The average molecular weight is 373 g/mol. The van der Waals surface area contributed by atoms with Gasteiger partial charge in [-0.15, -0.1) is 12.4 Å². The van der Waals surface area contributed by atoms with Crippen LogP contribution in [0.5, 0.6) is 11.5 Å². The van der Waals surface area contributed by atoms with Gasteiger partial charge < -0.3 is 15.6 Å². The average Bonchev–Trinajstić information content (AvgIpc) is 2.48. The maximum absolute atomic E-state index is 11.8. The third-order valence-electron chi connectivity index (χ3n) is 3.06. The van der Waals surface area contributed by atoms with E-state index in [9.17, 15) is 13.2 Å². The molecule has 9 heteroatoms. The van der Waals surface area contributed by atoms with Gasteiger partial charge in [-0.25, -0.2) is 18.4 Å². The molecule has 2 aromatic rings. The van der Waals surface area contributed by atoms with Gasteiger partial charge >= 0.3 is 5.97 Å². The van der Waals surface area contributed by atoms with E-state index in [4.69, 9.17) is 20.7 Å². The smallest absolute Gasteiger partial charge is 0.335 e. The van der Waals surface area contributed by atoms with Gasteiger partial charge in [-0.2, -0.15) is 0 Å². The molecule has 0 aromatic heterocycles. The summed E-state index contributed by atoms with van der Waals surface area (Å²) in [6.07, 6.45) is 0.242. The molecule has 0 heterocycles. The van der Waals surface area contributed by atoms with E-state index in [1.165, 1.54) is 6.07 Å². The van der Waals surface area contributed by atoms with Crippen molar-refractivity contribution in [3.63, 3.8) is 0 Å². The van der Waals surface area contributed by atoms with Crippen LogP contribution >= 0.6 is 12.4 Å². The predicted octanol–water partition coefficient (Wildman–Crippen LogP) is 1.75. The number of carboxylic acids is 1. The molecule has 0 bridgehead atoms. The molecule has 0 fully saturated rings. The SMILES string of the molecule is Cl.NCCc1cc(C(=O)O)cc(S(N)(=O)=O)c1Oc1ccccc1. The quantitative estimate of drug-likeness (QED) is 0.707. The summed E-state index contributed by atoms with van der Waals surface area (Å²) >= 11 is 0. The largest absolute Gasteiger partial charge is 0.478 e. The summed E-state index contributed by atoms with van der Waals surface area (Å²) in [5.41, 5.74) is 5.69. The van der Waals surface area contributed by atoms with E-state index in [1.807, 2.05) is 0 Å². The van der Waals surface area contributed by atoms with E-state index in [2.05, 4.69) is 0 Å². The zero-order valence-electron chi connectivity index (χ0n) is 12.5. The number of primary sulfonamides is 1. The first kappa shape index (κ1) is 19.9. The molecule has 2 aromatic carbocycles. The molecule has 5 N–H and O–H groups in total. The van der Waals surface area contributed by atoms with Crippen molar-refractivity contribution in [3.05, 3.63) is 53.6 Å². The molecular weight excluding hydrogens is 356 g/mol. The van der Waals surface area contributed by atoms with Crippen LogP contribution in [0.3, 0.4) is 0 Å². The van der Waals surface area contributed by atoms with Gasteiger partial charge in [0.25, 0.3) is 0 Å². The van der Waals surface area contributed by atoms with Crippen LogP contribution in [0.4, 0.5) is 0 Å². The molecule has 0 aliphatic carbocycles. The van der Waals surface area contributed by atoms with Gasteiger partial charge in [0.05, 0.1) is 5.56 Å². The molecule has 0 amide bonds. The predicted molar refractivity (Wildman–Crippen MR) is 91.3 cm³/mol. The summed E-state index contributed by atoms with van der Waals surface area (Å²) < 4.78 is 29.3. The zero-order chi connectivity index (χ0) is 17.0. The monoisotopic (exact) mass is 372 g/mol. The Balaban J connectivity index is 0.00000288. The van der Waals surface area contributed by atoms with Crippen molar-refractivity contribution >= 4 is 28.4 Å². The molecule has 0 spiro atoms. The molecule has 0 radical (unpaired) electrons. The highest BCUT2D eigenvalue weighted by atomic mass is 35.5. The van der Waals surface area contributed by atoms with Crippen LogP contribution < -0.4 is 15.6 Å². The molecule has 0 saturated carbocycles. The lowest BCUT2D eigenvalue weighted by Gasteiger charge is -2.15. The summed E-state index contributed by atoms with van der Waals surface area (Å²) in [5, 5.41) is 14.4. The van der Waals surface area contributed by atoms with Gasteiger partial charge in [0.2, 0.25) is 10.0 Å². The Labute approximate surface area is 145 Å². The Morgan fingerprint density at radius 1 is 1.17 bits per heavy atom. The van der Waals surface area contributed by atoms with Crippen LogP contribution in [0.1, 0.15) is 15.9 Å². The molecule has 130 valence electrons. The molecule has 0 aliphatic heterocycles. The molecular formula is C15H17ClN2O5S. The number of halogens is 1. The fourth-order valence-corrected chi connectivity index (χ4v) is 2.78. The van der Waals surface area contributed by atoms with Crippen molar-refractivity contribution in [2.24, 2.45) is 10.9 Å². The number of carbonyl (C=O) groups is 1. The molecule has 0 unspecified atom stereocenters. The standard InChI is InChI=1S/C15H16N2O5S.ClH/c16-7-6-10-8-11(15(18)19)9-13(23(17,20)21)14(10)22-12-4-2-1-3-5-12;/h1-5,8-9H,6-7,16H2,(H,18,19)(H2,17,20,21);1H. The summed E-state index contributed by atoms with van der Waals surface area (Å²) in [5.74, 6) is -0.868. The first-order valence-corrected chi connectivity index (χ1v) is 8.23. The Kier molecular flexibility index (Phi) is 6.73. The number of rotatable bonds is 6. The minimum absolute atomic E-state index is 0. The number of aromatic carboxylic acids is 1. The molecule has 2 rings (SSSR count). The number of para-hydroxylation sites is 1. The molecule has 7 nitrogen and oxygen atoms in total. The van der Waals surface area contributed by atoms with Crippen molar-refractivity contribution in [3.8, 4) is 11.5 Å². The minimum atomic E-state index is -4.18. The summed E-state index contributed by atoms with van der Waals surface area (Å²) in [6, 6.07) is 10.8. The number of carboxylic acid groups (broad SMARTS) is 1. The first-order chi connectivity index (χ1) is 10.8. The highest BCUT2D eigenvalue weighted by Gasteiger charge is 2.23. The maximum atomic E-state index is 11.8. The molecule has 24 heavy (non-hydrogen) atoms. The van der Waals surface area contributed by atoms with Gasteiger partial charge in [-0.1, -0.05) is 18.2 Å². The van der Waals surface area contributed by atoms with Gasteiger partial charge in [0.15, 0.2) is 5.75 Å². The van der Waals surface area contributed by atoms with Crippen LogP contribution in [0, 0.1) is 0 Å². The number of ether oxygens (including phenoxy) is 1. The molecule has 0 saturated heterocycles. The van der Waals surface area contributed by atoms with E-state index < -0.39 is 16.0 Å². The minimum Gasteiger partial charge on any atom is -0.478 e. The van der Waals surface area contributed by atoms with Crippen LogP contribution in [-0.4, -0.2) is 26.0 Å². The molecule has 0 atom stereocenters. The van der Waals surface area contributed by atoms with Gasteiger partial charge in [-0.05, 0) is 42.8 Å². The van der Waals surface area contributed by atoms with Crippen molar-refractivity contribution in [1.29, 1.82) is 0 Å². The van der Waals surface area contributed by atoms with Gasteiger partial charge in [0.1, 0.15) is 10.6 Å². The van der Waals surface area contributed by atoms with E-state index in [0.717, 1.165) is 6.07 Å². The lowest BCUT2D eigenvalue weighted by Crippen LogP contribution is -2.16. The molecule has 0 aliphatic rings. The van der Waals surface area contributed by atoms with Crippen molar-refractivity contribution < 1.29 is 23.1 Å². The lowest BCUT2D eigenvalue weighted by molar-refractivity contribution is 0.0696. The Morgan fingerprint density at radius 3 is 2.29 bits per heavy atom. The fourth-order valence-electron chi connectivity index (χ4n) is 2.06. The summed E-state index contributed by atoms with van der Waals surface area (Å²) in [4.78, 5) is 10.8.